The summed E-state index contributed by atoms with van der Waals surface area (Å²) in [4.78, 5) is 51.9. The zero-order valence-corrected chi connectivity index (χ0v) is 19.4. The number of carbonyl (C=O) groups excluding carboxylic acids is 4. The summed E-state index contributed by atoms with van der Waals surface area (Å²) in [6.45, 7) is 3.46. The van der Waals surface area contributed by atoms with Crippen LogP contribution in [0.2, 0.25) is 0 Å². The van der Waals surface area contributed by atoms with Crippen LogP contribution >= 0.6 is 0 Å². The number of anilines is 1. The van der Waals surface area contributed by atoms with Crippen LogP contribution in [0.5, 0.6) is 0 Å². The van der Waals surface area contributed by atoms with E-state index in [2.05, 4.69) is 5.32 Å². The van der Waals surface area contributed by atoms with E-state index in [4.69, 9.17) is 4.74 Å². The number of benzene rings is 2. The minimum atomic E-state index is -0.708. The van der Waals surface area contributed by atoms with Gasteiger partial charge < -0.3 is 10.1 Å². The molecule has 4 unspecified atom stereocenters. The number of hydrogen-bond acceptors (Lipinski definition) is 5. The molecule has 4 atom stereocenters. The van der Waals surface area contributed by atoms with Gasteiger partial charge >= 0.3 is 5.97 Å². The van der Waals surface area contributed by atoms with Crippen molar-refractivity contribution in [3.05, 3.63) is 64.7 Å². The molecule has 3 amide bonds. The summed E-state index contributed by atoms with van der Waals surface area (Å²) in [5.74, 6) is 0.0263. The van der Waals surface area contributed by atoms with Crippen LogP contribution in [0.3, 0.4) is 0 Å². The van der Waals surface area contributed by atoms with E-state index in [1.54, 1.807) is 12.1 Å². The molecule has 0 radical (unpaired) electrons. The number of nitrogens with one attached hydrogen (secondary N) is 1. The molecule has 0 saturated heterocycles. The van der Waals surface area contributed by atoms with Crippen molar-refractivity contribution < 1.29 is 23.9 Å². The van der Waals surface area contributed by atoms with Gasteiger partial charge in [0.1, 0.15) is 0 Å². The minimum absolute atomic E-state index is 0.0533. The number of hydrogen-bond donors (Lipinski definition) is 1. The van der Waals surface area contributed by atoms with Crippen molar-refractivity contribution >= 4 is 29.4 Å². The monoisotopic (exact) mass is 460 g/mol. The highest BCUT2D eigenvalue weighted by atomic mass is 16.5. The molecule has 7 nitrogen and oxygen atoms in total. The number of imide groups is 1. The number of para-hydroxylation sites is 1. The maximum absolute atomic E-state index is 13.0. The molecule has 0 aromatic heterocycles. The van der Waals surface area contributed by atoms with Crippen molar-refractivity contribution in [1.29, 1.82) is 0 Å². The molecule has 1 aliphatic heterocycles. The maximum atomic E-state index is 13.0. The van der Waals surface area contributed by atoms with Gasteiger partial charge in [-0.15, -0.1) is 0 Å². The molecule has 176 valence electrons. The average molecular weight is 461 g/mol. The molecule has 1 N–H and O–H groups in total. The van der Waals surface area contributed by atoms with Crippen LogP contribution in [-0.4, -0.2) is 36.3 Å². The fraction of sp³-hybridized carbons (Fsp3) is 0.407. The molecule has 2 saturated carbocycles. The summed E-state index contributed by atoms with van der Waals surface area (Å²) in [5, 5.41) is 2.98. The molecule has 5 rings (SSSR count). The van der Waals surface area contributed by atoms with Crippen LogP contribution in [-0.2, 0) is 9.53 Å². The van der Waals surface area contributed by atoms with Crippen molar-refractivity contribution in [2.75, 3.05) is 11.5 Å². The normalized spacial score (nSPS) is 23.7. The van der Waals surface area contributed by atoms with Crippen molar-refractivity contribution in [2.45, 2.75) is 45.6 Å². The molecule has 7 heteroatoms. The van der Waals surface area contributed by atoms with Crippen molar-refractivity contribution in [3.63, 3.8) is 0 Å². The van der Waals surface area contributed by atoms with Gasteiger partial charge in [0, 0.05) is 6.04 Å². The van der Waals surface area contributed by atoms with Crippen molar-refractivity contribution in [1.82, 2.24) is 5.32 Å². The Morgan fingerprint density at radius 2 is 1.82 bits per heavy atom. The third kappa shape index (κ3) is 3.89. The zero-order valence-electron chi connectivity index (χ0n) is 19.4. The fourth-order valence-electron chi connectivity index (χ4n) is 5.92. The van der Waals surface area contributed by atoms with E-state index in [9.17, 15) is 19.2 Å². The van der Waals surface area contributed by atoms with Gasteiger partial charge in [0.05, 0.1) is 22.4 Å². The standard InChI is InChI=1S/C27H28N2O5/c1-15-5-3-4-6-23(15)29-25(31)20-10-9-19(13-22(20)26(29)32)27(33)34-14-24(30)28-16(2)21-12-17-7-8-18(21)11-17/h3-6,9-10,13,16-18,21H,7-8,11-12,14H2,1-2H3,(H,28,30). The average Bonchev–Trinajstić information content (AvgIpc) is 3.52. The van der Waals surface area contributed by atoms with Crippen molar-refractivity contribution in [2.24, 2.45) is 17.8 Å². The molecule has 2 fully saturated rings. The Morgan fingerprint density at radius 3 is 2.53 bits per heavy atom. The summed E-state index contributed by atoms with van der Waals surface area (Å²) in [6.07, 6.45) is 4.97. The molecule has 2 bridgehead atoms. The molecular formula is C27H28N2O5. The summed E-state index contributed by atoms with van der Waals surface area (Å²) in [5.41, 5.74) is 1.82. The first kappa shape index (κ1) is 22.3. The molecule has 0 spiro atoms. The van der Waals surface area contributed by atoms with E-state index >= 15 is 0 Å². The van der Waals surface area contributed by atoms with Gasteiger partial charge in [-0.25, -0.2) is 9.69 Å². The van der Waals surface area contributed by atoms with E-state index in [-0.39, 0.29) is 35.2 Å². The summed E-state index contributed by atoms with van der Waals surface area (Å²) >= 11 is 0. The van der Waals surface area contributed by atoms with Gasteiger partial charge in [-0.2, -0.15) is 0 Å². The van der Waals surface area contributed by atoms with Gasteiger partial charge in [0.25, 0.3) is 17.7 Å². The Hall–Kier alpha value is -3.48. The summed E-state index contributed by atoms with van der Waals surface area (Å²) < 4.78 is 5.21. The van der Waals surface area contributed by atoms with Crippen LogP contribution in [0.15, 0.2) is 42.5 Å². The predicted octanol–water partition coefficient (Wildman–Crippen LogP) is 3.89. The van der Waals surface area contributed by atoms with Gasteiger partial charge in [-0.05, 0) is 80.7 Å². The highest BCUT2D eigenvalue weighted by Crippen LogP contribution is 2.49. The second kappa shape index (κ2) is 8.70. The first-order chi connectivity index (χ1) is 16.3. The molecule has 3 aliphatic rings. The van der Waals surface area contributed by atoms with E-state index < -0.39 is 17.8 Å². The SMILES string of the molecule is Cc1ccccc1N1C(=O)c2ccc(C(=O)OCC(=O)NC(C)C3CC4CCC3C4)cc2C1=O. The Labute approximate surface area is 198 Å². The van der Waals surface area contributed by atoms with Gasteiger partial charge in [0.15, 0.2) is 6.61 Å². The number of nitrogens with zero attached hydrogens (tertiary/aromatic N) is 1. The lowest BCUT2D eigenvalue weighted by molar-refractivity contribution is -0.125. The molecule has 34 heavy (non-hydrogen) atoms. The lowest BCUT2D eigenvalue weighted by atomic mass is 9.84. The topological polar surface area (TPSA) is 92.8 Å². The Balaban J connectivity index is 1.22. The first-order valence-corrected chi connectivity index (χ1v) is 11.9. The summed E-state index contributed by atoms with van der Waals surface area (Å²) in [7, 11) is 0. The van der Waals surface area contributed by atoms with Crippen LogP contribution in [0.25, 0.3) is 0 Å². The third-order valence-corrected chi connectivity index (χ3v) is 7.64. The number of fused-ring (bicyclic) bond motifs is 3. The lowest BCUT2D eigenvalue weighted by Crippen LogP contribution is -2.42. The number of ether oxygens (including phenoxy) is 1. The smallest absolute Gasteiger partial charge is 0.338 e. The number of aryl methyl sites for hydroxylation is 1. The quantitative estimate of drug-likeness (QED) is 0.522. The lowest BCUT2D eigenvalue weighted by Gasteiger charge is -2.28. The zero-order chi connectivity index (χ0) is 24.0. The van der Waals surface area contributed by atoms with E-state index in [0.29, 0.717) is 17.5 Å². The molecule has 2 aliphatic carbocycles. The highest BCUT2D eigenvalue weighted by Gasteiger charge is 2.42. The summed E-state index contributed by atoms with van der Waals surface area (Å²) in [6, 6.07) is 11.5. The number of carbonyl (C=O) groups is 4. The van der Waals surface area contributed by atoms with E-state index in [1.165, 1.54) is 37.5 Å². The third-order valence-electron chi connectivity index (χ3n) is 7.64. The number of amides is 3. The molecule has 2 aromatic rings. The van der Waals surface area contributed by atoms with E-state index in [1.807, 2.05) is 26.0 Å². The minimum Gasteiger partial charge on any atom is -0.452 e. The predicted molar refractivity (Wildman–Crippen MR) is 126 cm³/mol. The Kier molecular flexibility index (Phi) is 5.71. The van der Waals surface area contributed by atoms with Crippen LogP contribution in [0.4, 0.5) is 5.69 Å². The van der Waals surface area contributed by atoms with Gasteiger partial charge in [-0.3, -0.25) is 14.4 Å². The van der Waals surface area contributed by atoms with Crippen LogP contribution in [0, 0.1) is 24.7 Å². The van der Waals surface area contributed by atoms with E-state index in [0.717, 1.165) is 22.8 Å². The maximum Gasteiger partial charge on any atom is 0.338 e. The highest BCUT2D eigenvalue weighted by molar-refractivity contribution is 6.34. The Bertz CT molecular complexity index is 1190. The van der Waals surface area contributed by atoms with Gasteiger partial charge in [-0.1, -0.05) is 24.6 Å². The molecule has 2 aromatic carbocycles. The second-order valence-electron chi connectivity index (χ2n) is 9.76. The van der Waals surface area contributed by atoms with Gasteiger partial charge in [0.2, 0.25) is 0 Å². The fourth-order valence-corrected chi connectivity index (χ4v) is 5.92. The second-order valence-corrected chi connectivity index (χ2v) is 9.76. The molecule has 1 heterocycles. The van der Waals surface area contributed by atoms with Crippen molar-refractivity contribution in [3.8, 4) is 0 Å². The number of esters is 1. The number of rotatable bonds is 6. The Morgan fingerprint density at radius 1 is 1.06 bits per heavy atom. The largest absolute Gasteiger partial charge is 0.452 e. The van der Waals surface area contributed by atoms with Crippen LogP contribution < -0.4 is 10.2 Å². The molecular weight excluding hydrogens is 432 g/mol. The first-order valence-electron chi connectivity index (χ1n) is 11.9. The van der Waals surface area contributed by atoms with Crippen LogP contribution in [0.1, 0.15) is 69.2 Å².